The highest BCUT2D eigenvalue weighted by molar-refractivity contribution is 6.04. The number of carbonyl (C=O) groups excluding carboxylic acids is 4. The summed E-state index contributed by atoms with van der Waals surface area (Å²) in [6.45, 7) is 1.22. The number of amides is 4. The number of primary amides is 1. The van der Waals surface area contributed by atoms with Crippen LogP contribution in [-0.4, -0.2) is 55.1 Å². The maximum Gasteiger partial charge on any atom is 0.326 e. The fourth-order valence-electron chi connectivity index (χ4n) is 3.23. The Morgan fingerprint density at radius 2 is 2.09 bits per heavy atom. The predicted octanol–water partition coefficient (Wildman–Crippen LogP) is 0.166. The molecule has 0 radical (unpaired) electrons. The molecule has 0 bridgehead atoms. The summed E-state index contributed by atoms with van der Waals surface area (Å²) < 4.78 is 30.1. The van der Waals surface area contributed by atoms with Crippen molar-refractivity contribution in [2.75, 3.05) is 0 Å². The molecule has 170 valence electrons. The standard InChI is InChI=1S/C19H21F2N7O4/c1-2-18(4-3-14(29)24-16(18)31)25-17(32)19(20,21)5-6-28-10-13(26-27-28)11-7-12(15(22)30)9-23-8-11/h7-10H,2-6H2,1H3,(H2,22,30)(H,25,32)(H,24,29,31). The number of alkyl halides is 2. The molecule has 1 fully saturated rings. The lowest BCUT2D eigenvalue weighted by molar-refractivity contribution is -0.154. The van der Waals surface area contributed by atoms with Crippen molar-refractivity contribution in [1.82, 2.24) is 30.6 Å². The molecule has 4 amide bonds. The van der Waals surface area contributed by atoms with Crippen LogP contribution in [0.1, 0.15) is 43.0 Å². The number of piperidine rings is 1. The summed E-state index contributed by atoms with van der Waals surface area (Å²) in [6.07, 6.45) is 3.09. The summed E-state index contributed by atoms with van der Waals surface area (Å²) in [6, 6.07) is 1.44. The van der Waals surface area contributed by atoms with Gasteiger partial charge in [0.2, 0.25) is 11.8 Å². The molecule has 1 unspecified atom stereocenters. The summed E-state index contributed by atoms with van der Waals surface area (Å²) >= 11 is 0. The number of nitrogens with zero attached hydrogens (tertiary/aromatic N) is 4. The molecule has 11 nitrogen and oxygen atoms in total. The number of hydrogen-bond donors (Lipinski definition) is 3. The number of halogens is 2. The lowest BCUT2D eigenvalue weighted by atomic mass is 9.86. The molecule has 0 saturated carbocycles. The lowest BCUT2D eigenvalue weighted by Gasteiger charge is -2.36. The van der Waals surface area contributed by atoms with Crippen LogP contribution < -0.4 is 16.4 Å². The Kier molecular flexibility index (Phi) is 6.27. The minimum atomic E-state index is -3.80. The second-order valence-corrected chi connectivity index (χ2v) is 7.41. The maximum atomic E-state index is 14.5. The summed E-state index contributed by atoms with van der Waals surface area (Å²) in [5.41, 5.74) is 4.49. The Morgan fingerprint density at radius 3 is 2.75 bits per heavy atom. The first-order valence-corrected chi connectivity index (χ1v) is 9.76. The number of aromatic nitrogens is 4. The zero-order chi connectivity index (χ0) is 23.5. The fraction of sp³-hybridized carbons (Fsp3) is 0.421. The number of nitrogens with one attached hydrogen (secondary N) is 2. The summed E-state index contributed by atoms with van der Waals surface area (Å²) in [4.78, 5) is 50.9. The molecule has 1 aliphatic heterocycles. The molecular weight excluding hydrogens is 428 g/mol. The summed E-state index contributed by atoms with van der Waals surface area (Å²) in [7, 11) is 0. The molecule has 3 heterocycles. The molecule has 2 aromatic heterocycles. The monoisotopic (exact) mass is 449 g/mol. The largest absolute Gasteiger partial charge is 0.366 e. The van der Waals surface area contributed by atoms with Crippen molar-refractivity contribution in [2.45, 2.75) is 50.6 Å². The topological polar surface area (TPSA) is 162 Å². The average molecular weight is 449 g/mol. The number of nitrogens with two attached hydrogens (primary N) is 1. The van der Waals surface area contributed by atoms with E-state index >= 15 is 0 Å². The first-order chi connectivity index (χ1) is 15.1. The van der Waals surface area contributed by atoms with Gasteiger partial charge in [-0.15, -0.1) is 5.10 Å². The van der Waals surface area contributed by atoms with Crippen LogP contribution in [0.3, 0.4) is 0 Å². The summed E-state index contributed by atoms with van der Waals surface area (Å²) in [5, 5.41) is 11.8. The number of imide groups is 1. The highest BCUT2D eigenvalue weighted by atomic mass is 19.3. The van der Waals surface area contributed by atoms with Crippen molar-refractivity contribution in [1.29, 1.82) is 0 Å². The minimum Gasteiger partial charge on any atom is -0.366 e. The van der Waals surface area contributed by atoms with Gasteiger partial charge in [0.25, 0.3) is 11.8 Å². The molecule has 1 aliphatic rings. The van der Waals surface area contributed by atoms with Crippen molar-refractivity contribution >= 4 is 23.6 Å². The third kappa shape index (κ3) is 4.76. The smallest absolute Gasteiger partial charge is 0.326 e. The quantitative estimate of drug-likeness (QED) is 0.484. The van der Waals surface area contributed by atoms with E-state index < -0.39 is 41.5 Å². The fourth-order valence-corrected chi connectivity index (χ4v) is 3.23. The highest BCUT2D eigenvalue weighted by Crippen LogP contribution is 2.26. The van der Waals surface area contributed by atoms with Gasteiger partial charge in [0.05, 0.1) is 11.8 Å². The van der Waals surface area contributed by atoms with Crippen LogP contribution in [0.5, 0.6) is 0 Å². The van der Waals surface area contributed by atoms with Gasteiger partial charge in [0.15, 0.2) is 0 Å². The second-order valence-electron chi connectivity index (χ2n) is 7.41. The lowest BCUT2D eigenvalue weighted by Crippen LogP contribution is -2.64. The SMILES string of the molecule is CCC1(NC(=O)C(F)(F)CCn2cc(-c3cncc(C(N)=O)c3)nn2)CCC(=O)NC1=O. The summed E-state index contributed by atoms with van der Waals surface area (Å²) in [5.74, 6) is -7.41. The maximum absolute atomic E-state index is 14.5. The third-order valence-electron chi connectivity index (χ3n) is 5.27. The molecule has 0 aromatic carbocycles. The Bertz CT molecular complexity index is 1070. The van der Waals surface area contributed by atoms with E-state index in [0.717, 1.165) is 4.68 Å². The third-order valence-corrected chi connectivity index (χ3v) is 5.27. The van der Waals surface area contributed by atoms with E-state index in [0.29, 0.717) is 5.56 Å². The van der Waals surface area contributed by atoms with Gasteiger partial charge < -0.3 is 11.1 Å². The Hall–Kier alpha value is -3.77. The van der Waals surface area contributed by atoms with E-state index in [9.17, 15) is 28.0 Å². The van der Waals surface area contributed by atoms with Gasteiger partial charge in [-0.2, -0.15) is 8.78 Å². The van der Waals surface area contributed by atoms with Gasteiger partial charge in [-0.3, -0.25) is 34.2 Å². The van der Waals surface area contributed by atoms with Crippen molar-refractivity contribution < 1.29 is 28.0 Å². The van der Waals surface area contributed by atoms with Crippen LogP contribution in [0.15, 0.2) is 24.7 Å². The highest BCUT2D eigenvalue weighted by Gasteiger charge is 2.48. The Labute approximate surface area is 180 Å². The minimum absolute atomic E-state index is 0.0543. The molecule has 32 heavy (non-hydrogen) atoms. The van der Waals surface area contributed by atoms with Crippen LogP contribution in [0.2, 0.25) is 0 Å². The van der Waals surface area contributed by atoms with E-state index in [1.165, 1.54) is 24.7 Å². The second kappa shape index (κ2) is 8.77. The first kappa shape index (κ1) is 22.9. The zero-order valence-corrected chi connectivity index (χ0v) is 17.1. The van der Waals surface area contributed by atoms with Gasteiger partial charge in [-0.05, 0) is 18.9 Å². The molecule has 0 spiro atoms. The number of hydrogen-bond acceptors (Lipinski definition) is 7. The van der Waals surface area contributed by atoms with E-state index in [1.807, 2.05) is 0 Å². The Morgan fingerprint density at radius 1 is 1.34 bits per heavy atom. The van der Waals surface area contributed by atoms with Gasteiger partial charge >= 0.3 is 5.92 Å². The van der Waals surface area contributed by atoms with Gasteiger partial charge in [-0.25, -0.2) is 0 Å². The van der Waals surface area contributed by atoms with Crippen LogP contribution >= 0.6 is 0 Å². The number of carbonyl (C=O) groups is 4. The van der Waals surface area contributed by atoms with Crippen molar-refractivity contribution in [3.8, 4) is 11.3 Å². The van der Waals surface area contributed by atoms with Crippen molar-refractivity contribution in [2.24, 2.45) is 5.73 Å². The Balaban J connectivity index is 1.65. The molecule has 1 atom stereocenters. The van der Waals surface area contributed by atoms with Crippen LogP contribution in [-0.2, 0) is 20.9 Å². The normalized spacial score (nSPS) is 18.8. The number of rotatable bonds is 8. The van der Waals surface area contributed by atoms with Gasteiger partial charge in [0, 0.05) is 37.3 Å². The molecule has 1 saturated heterocycles. The number of aryl methyl sites for hydroxylation is 1. The molecule has 0 aliphatic carbocycles. The molecule has 13 heteroatoms. The van der Waals surface area contributed by atoms with E-state index in [4.69, 9.17) is 5.73 Å². The molecular formula is C19H21F2N7O4. The van der Waals surface area contributed by atoms with Gasteiger partial charge in [-0.1, -0.05) is 12.1 Å². The van der Waals surface area contributed by atoms with Crippen molar-refractivity contribution in [3.05, 3.63) is 30.2 Å². The first-order valence-electron chi connectivity index (χ1n) is 9.76. The predicted molar refractivity (Wildman–Crippen MR) is 105 cm³/mol. The van der Waals surface area contributed by atoms with Crippen molar-refractivity contribution in [3.63, 3.8) is 0 Å². The van der Waals surface area contributed by atoms with Crippen LogP contribution in [0.25, 0.3) is 11.3 Å². The molecule has 4 N–H and O–H groups in total. The number of pyridine rings is 1. The zero-order valence-electron chi connectivity index (χ0n) is 17.1. The van der Waals surface area contributed by atoms with Crippen LogP contribution in [0, 0.1) is 0 Å². The van der Waals surface area contributed by atoms with E-state index in [2.05, 4.69) is 25.9 Å². The van der Waals surface area contributed by atoms with Crippen LogP contribution in [0.4, 0.5) is 8.78 Å². The van der Waals surface area contributed by atoms with E-state index in [-0.39, 0.29) is 37.1 Å². The van der Waals surface area contributed by atoms with E-state index in [1.54, 1.807) is 6.92 Å². The average Bonchev–Trinajstić information content (AvgIpc) is 3.24. The molecule has 2 aromatic rings. The molecule has 3 rings (SSSR count). The van der Waals surface area contributed by atoms with Gasteiger partial charge in [0.1, 0.15) is 11.2 Å².